The number of benzene rings is 1. The minimum atomic E-state index is -0.354. The standard InChI is InChI=1S/C11H11FN2O/c1-13-11-8-5-7(12)6-14-9(8)3-4-10(11)15-2/h3-6,13H,1-2H3. The number of methoxy groups -OCH3 is 1. The molecule has 0 fully saturated rings. The van der Waals surface area contributed by atoms with Crippen LogP contribution in [0.2, 0.25) is 0 Å². The minimum Gasteiger partial charge on any atom is -0.495 e. The van der Waals surface area contributed by atoms with Gasteiger partial charge in [-0.2, -0.15) is 0 Å². The Kier molecular flexibility index (Phi) is 2.41. The Labute approximate surface area is 86.9 Å². The number of aromatic nitrogens is 1. The second kappa shape index (κ2) is 3.73. The van der Waals surface area contributed by atoms with E-state index >= 15 is 0 Å². The van der Waals surface area contributed by atoms with Crippen LogP contribution in [0, 0.1) is 5.82 Å². The van der Waals surface area contributed by atoms with Gasteiger partial charge in [0.05, 0.1) is 24.5 Å². The molecule has 0 amide bonds. The predicted octanol–water partition coefficient (Wildman–Crippen LogP) is 2.42. The molecule has 0 spiro atoms. The second-order valence-corrected chi connectivity index (χ2v) is 3.11. The van der Waals surface area contributed by atoms with E-state index in [1.807, 2.05) is 0 Å². The number of hydrogen-bond acceptors (Lipinski definition) is 3. The van der Waals surface area contributed by atoms with Gasteiger partial charge in [0.15, 0.2) is 0 Å². The van der Waals surface area contributed by atoms with Crippen LogP contribution >= 0.6 is 0 Å². The predicted molar refractivity (Wildman–Crippen MR) is 57.8 cm³/mol. The molecule has 3 nitrogen and oxygen atoms in total. The maximum atomic E-state index is 13.1. The molecule has 1 heterocycles. The van der Waals surface area contributed by atoms with Gasteiger partial charge in [-0.3, -0.25) is 4.98 Å². The van der Waals surface area contributed by atoms with Crippen molar-refractivity contribution in [3.05, 3.63) is 30.2 Å². The number of anilines is 1. The second-order valence-electron chi connectivity index (χ2n) is 3.11. The fraction of sp³-hybridized carbons (Fsp3) is 0.182. The van der Waals surface area contributed by atoms with E-state index in [4.69, 9.17) is 4.74 Å². The summed E-state index contributed by atoms with van der Waals surface area (Å²) in [5.41, 5.74) is 1.49. The van der Waals surface area contributed by atoms with Crippen molar-refractivity contribution in [2.75, 3.05) is 19.5 Å². The molecule has 0 aliphatic rings. The summed E-state index contributed by atoms with van der Waals surface area (Å²) in [4.78, 5) is 3.99. The van der Waals surface area contributed by atoms with Gasteiger partial charge in [0, 0.05) is 12.4 Å². The van der Waals surface area contributed by atoms with Crippen LogP contribution in [-0.2, 0) is 0 Å². The largest absolute Gasteiger partial charge is 0.495 e. The summed E-state index contributed by atoms with van der Waals surface area (Å²) in [5.74, 6) is 0.324. The molecule has 1 aromatic heterocycles. The molecule has 78 valence electrons. The maximum Gasteiger partial charge on any atom is 0.142 e. The summed E-state index contributed by atoms with van der Waals surface area (Å²) in [5, 5.41) is 3.70. The molecule has 1 aromatic carbocycles. The first kappa shape index (κ1) is 9.71. The lowest BCUT2D eigenvalue weighted by Gasteiger charge is -2.10. The fourth-order valence-corrected chi connectivity index (χ4v) is 1.58. The van der Waals surface area contributed by atoms with Crippen LogP contribution in [0.3, 0.4) is 0 Å². The van der Waals surface area contributed by atoms with E-state index in [2.05, 4.69) is 10.3 Å². The summed E-state index contributed by atoms with van der Waals surface area (Å²) < 4.78 is 18.2. The van der Waals surface area contributed by atoms with Crippen molar-refractivity contribution in [3.63, 3.8) is 0 Å². The molecule has 0 saturated heterocycles. The Balaban J connectivity index is 2.79. The summed E-state index contributed by atoms with van der Waals surface area (Å²) >= 11 is 0. The van der Waals surface area contributed by atoms with Crippen molar-refractivity contribution < 1.29 is 9.13 Å². The average molecular weight is 206 g/mol. The van der Waals surface area contributed by atoms with Crippen molar-refractivity contribution in [1.82, 2.24) is 4.98 Å². The Morgan fingerprint density at radius 1 is 1.40 bits per heavy atom. The molecule has 0 saturated carbocycles. The molecule has 2 aromatic rings. The Morgan fingerprint density at radius 3 is 2.87 bits per heavy atom. The molecule has 15 heavy (non-hydrogen) atoms. The van der Waals surface area contributed by atoms with E-state index < -0.39 is 0 Å². The van der Waals surface area contributed by atoms with Crippen LogP contribution in [0.1, 0.15) is 0 Å². The lowest BCUT2D eigenvalue weighted by atomic mass is 10.1. The first-order valence-electron chi connectivity index (χ1n) is 4.56. The summed E-state index contributed by atoms with van der Waals surface area (Å²) in [6.07, 6.45) is 1.20. The molecule has 2 rings (SSSR count). The number of pyridine rings is 1. The third kappa shape index (κ3) is 1.58. The molecule has 0 atom stereocenters. The van der Waals surface area contributed by atoms with E-state index in [1.54, 1.807) is 26.3 Å². The van der Waals surface area contributed by atoms with Crippen molar-refractivity contribution in [2.24, 2.45) is 0 Å². The number of ether oxygens (including phenoxy) is 1. The molecule has 4 heteroatoms. The molecule has 0 aliphatic heterocycles. The van der Waals surface area contributed by atoms with Gasteiger partial charge >= 0.3 is 0 Å². The number of fused-ring (bicyclic) bond motifs is 1. The van der Waals surface area contributed by atoms with Crippen LogP contribution in [0.4, 0.5) is 10.1 Å². The topological polar surface area (TPSA) is 34.1 Å². The molecule has 0 unspecified atom stereocenters. The first-order chi connectivity index (χ1) is 7.26. The van der Waals surface area contributed by atoms with Crippen molar-refractivity contribution in [2.45, 2.75) is 0 Å². The molecule has 0 radical (unpaired) electrons. The highest BCUT2D eigenvalue weighted by Gasteiger charge is 2.07. The van der Waals surface area contributed by atoms with Gasteiger partial charge in [0.2, 0.25) is 0 Å². The molecular weight excluding hydrogens is 195 g/mol. The normalized spacial score (nSPS) is 10.3. The number of nitrogens with zero attached hydrogens (tertiary/aromatic N) is 1. The average Bonchev–Trinajstić information content (AvgIpc) is 2.27. The van der Waals surface area contributed by atoms with E-state index in [9.17, 15) is 4.39 Å². The van der Waals surface area contributed by atoms with Gasteiger partial charge in [0.1, 0.15) is 11.6 Å². The highest BCUT2D eigenvalue weighted by Crippen LogP contribution is 2.31. The third-order valence-electron chi connectivity index (χ3n) is 2.26. The van der Waals surface area contributed by atoms with E-state index in [0.717, 1.165) is 16.6 Å². The first-order valence-corrected chi connectivity index (χ1v) is 4.56. The monoisotopic (exact) mass is 206 g/mol. The van der Waals surface area contributed by atoms with Gasteiger partial charge in [-0.25, -0.2) is 4.39 Å². The summed E-state index contributed by atoms with van der Waals surface area (Å²) in [7, 11) is 3.34. The van der Waals surface area contributed by atoms with Crippen molar-refractivity contribution in [1.29, 1.82) is 0 Å². The summed E-state index contributed by atoms with van der Waals surface area (Å²) in [6.45, 7) is 0. The Morgan fingerprint density at radius 2 is 2.20 bits per heavy atom. The Bertz CT molecular complexity index is 499. The highest BCUT2D eigenvalue weighted by molar-refractivity contribution is 5.94. The zero-order valence-electron chi connectivity index (χ0n) is 8.54. The lowest BCUT2D eigenvalue weighted by Crippen LogP contribution is -1.96. The van der Waals surface area contributed by atoms with E-state index in [-0.39, 0.29) is 5.82 Å². The summed E-state index contributed by atoms with van der Waals surface area (Å²) in [6, 6.07) is 5.05. The molecule has 0 bridgehead atoms. The van der Waals surface area contributed by atoms with Crippen LogP contribution in [0.5, 0.6) is 5.75 Å². The van der Waals surface area contributed by atoms with Crippen LogP contribution in [0.25, 0.3) is 10.9 Å². The van der Waals surface area contributed by atoms with Gasteiger partial charge in [-0.15, -0.1) is 0 Å². The molecular formula is C11H11FN2O. The highest BCUT2D eigenvalue weighted by atomic mass is 19.1. The van der Waals surface area contributed by atoms with Crippen LogP contribution in [-0.4, -0.2) is 19.1 Å². The van der Waals surface area contributed by atoms with E-state index in [1.165, 1.54) is 12.3 Å². The zero-order valence-corrected chi connectivity index (χ0v) is 8.54. The maximum absolute atomic E-state index is 13.1. The van der Waals surface area contributed by atoms with Gasteiger partial charge < -0.3 is 10.1 Å². The van der Waals surface area contributed by atoms with Gasteiger partial charge in [0.25, 0.3) is 0 Å². The number of nitrogens with one attached hydrogen (secondary N) is 1. The fourth-order valence-electron chi connectivity index (χ4n) is 1.58. The minimum absolute atomic E-state index is 0.354. The van der Waals surface area contributed by atoms with Crippen molar-refractivity contribution >= 4 is 16.6 Å². The lowest BCUT2D eigenvalue weighted by molar-refractivity contribution is 0.417. The number of hydrogen-bond donors (Lipinski definition) is 1. The number of rotatable bonds is 2. The quantitative estimate of drug-likeness (QED) is 0.819. The smallest absolute Gasteiger partial charge is 0.142 e. The van der Waals surface area contributed by atoms with Crippen molar-refractivity contribution in [3.8, 4) is 5.75 Å². The van der Waals surface area contributed by atoms with Crippen LogP contribution < -0.4 is 10.1 Å². The third-order valence-corrected chi connectivity index (χ3v) is 2.26. The van der Waals surface area contributed by atoms with Crippen LogP contribution in [0.15, 0.2) is 24.4 Å². The molecule has 1 N–H and O–H groups in total. The zero-order chi connectivity index (χ0) is 10.8. The molecule has 0 aliphatic carbocycles. The van der Waals surface area contributed by atoms with Gasteiger partial charge in [-0.1, -0.05) is 0 Å². The SMILES string of the molecule is CNc1c(OC)ccc2ncc(F)cc12. The van der Waals surface area contributed by atoms with Gasteiger partial charge in [-0.05, 0) is 18.2 Å². The van der Waals surface area contributed by atoms with E-state index in [0.29, 0.717) is 5.75 Å². The number of halogens is 1. The Hall–Kier alpha value is -1.84.